The van der Waals surface area contributed by atoms with Gasteiger partial charge in [-0.25, -0.2) is 0 Å². The van der Waals surface area contributed by atoms with Gasteiger partial charge in [-0.1, -0.05) is 47.0 Å². The molecule has 2 nitrogen and oxygen atoms in total. The second-order valence-corrected chi connectivity index (χ2v) is 6.24. The van der Waals surface area contributed by atoms with Crippen LogP contribution in [0.1, 0.15) is 72.6 Å². The van der Waals surface area contributed by atoms with Gasteiger partial charge in [0.15, 0.2) is 0 Å². The van der Waals surface area contributed by atoms with Crippen LogP contribution in [-0.4, -0.2) is 26.2 Å². The maximum atomic E-state index is 3.56. The summed E-state index contributed by atoms with van der Waals surface area (Å²) in [6.45, 7) is 14.1. The lowest BCUT2D eigenvalue weighted by Gasteiger charge is -2.16. The predicted molar refractivity (Wildman–Crippen MR) is 87.7 cm³/mol. The van der Waals surface area contributed by atoms with Crippen molar-refractivity contribution in [1.82, 2.24) is 10.6 Å². The highest BCUT2D eigenvalue weighted by molar-refractivity contribution is 4.62. The fourth-order valence-corrected chi connectivity index (χ4v) is 2.24. The summed E-state index contributed by atoms with van der Waals surface area (Å²) in [6, 6.07) is 0. The fraction of sp³-hybridized carbons (Fsp3) is 1.00. The molecule has 0 aromatic rings. The molecule has 0 fully saturated rings. The van der Waals surface area contributed by atoms with Crippen molar-refractivity contribution in [3.05, 3.63) is 0 Å². The van der Waals surface area contributed by atoms with Crippen LogP contribution in [0.3, 0.4) is 0 Å². The van der Waals surface area contributed by atoms with Crippen LogP contribution >= 0.6 is 0 Å². The second kappa shape index (κ2) is 14.3. The van der Waals surface area contributed by atoms with Crippen LogP contribution < -0.4 is 10.6 Å². The van der Waals surface area contributed by atoms with Crippen molar-refractivity contribution in [2.24, 2.45) is 11.8 Å². The SMILES string of the molecule is CCCCNCCC(C)CCC(C)CNCCCC. The minimum atomic E-state index is 0.826. The van der Waals surface area contributed by atoms with Crippen LogP contribution in [0.2, 0.25) is 0 Å². The van der Waals surface area contributed by atoms with E-state index in [0.29, 0.717) is 0 Å². The number of unbranched alkanes of at least 4 members (excludes halogenated alkanes) is 2. The van der Waals surface area contributed by atoms with Gasteiger partial charge in [-0.15, -0.1) is 0 Å². The Bertz CT molecular complexity index is 171. The molecule has 0 radical (unpaired) electrons. The molecule has 0 aliphatic carbocycles. The third-order valence-electron chi connectivity index (χ3n) is 3.87. The van der Waals surface area contributed by atoms with Gasteiger partial charge in [0, 0.05) is 0 Å². The smallest absolute Gasteiger partial charge is 0.00232 e. The molecule has 0 spiro atoms. The largest absolute Gasteiger partial charge is 0.317 e. The van der Waals surface area contributed by atoms with Crippen LogP contribution in [0.5, 0.6) is 0 Å². The highest BCUT2D eigenvalue weighted by atomic mass is 14.9. The third kappa shape index (κ3) is 14.1. The van der Waals surface area contributed by atoms with E-state index in [1.165, 1.54) is 71.1 Å². The molecule has 0 saturated heterocycles. The van der Waals surface area contributed by atoms with Crippen molar-refractivity contribution in [3.63, 3.8) is 0 Å². The lowest BCUT2D eigenvalue weighted by molar-refractivity contribution is 0.391. The first-order valence-electron chi connectivity index (χ1n) is 8.62. The van der Waals surface area contributed by atoms with E-state index in [1.54, 1.807) is 0 Å². The van der Waals surface area contributed by atoms with E-state index < -0.39 is 0 Å². The monoisotopic (exact) mass is 270 g/mol. The minimum absolute atomic E-state index is 0.826. The summed E-state index contributed by atoms with van der Waals surface area (Å²) in [5, 5.41) is 7.10. The number of nitrogens with one attached hydrogen (secondary N) is 2. The molecule has 0 aromatic carbocycles. The molecule has 0 heterocycles. The summed E-state index contributed by atoms with van der Waals surface area (Å²) in [7, 11) is 0. The molecular formula is C17H38N2. The van der Waals surface area contributed by atoms with E-state index in [1.807, 2.05) is 0 Å². The summed E-state index contributed by atoms with van der Waals surface area (Å²) in [6.07, 6.45) is 9.30. The Kier molecular flexibility index (Phi) is 14.3. The van der Waals surface area contributed by atoms with E-state index in [2.05, 4.69) is 38.3 Å². The molecule has 0 aliphatic heterocycles. The molecule has 0 aromatic heterocycles. The molecule has 0 rings (SSSR count). The van der Waals surface area contributed by atoms with Crippen molar-refractivity contribution >= 4 is 0 Å². The van der Waals surface area contributed by atoms with Crippen LogP contribution in [0, 0.1) is 11.8 Å². The molecule has 0 amide bonds. The summed E-state index contributed by atoms with van der Waals surface area (Å²) < 4.78 is 0. The Morgan fingerprint density at radius 3 is 1.89 bits per heavy atom. The zero-order valence-corrected chi connectivity index (χ0v) is 13.9. The fourth-order valence-electron chi connectivity index (χ4n) is 2.24. The first-order chi connectivity index (χ1) is 9.20. The molecular weight excluding hydrogens is 232 g/mol. The van der Waals surface area contributed by atoms with Crippen molar-refractivity contribution in [2.45, 2.75) is 72.6 Å². The van der Waals surface area contributed by atoms with Crippen molar-refractivity contribution in [1.29, 1.82) is 0 Å². The molecule has 116 valence electrons. The highest BCUT2D eigenvalue weighted by Gasteiger charge is 2.06. The summed E-state index contributed by atoms with van der Waals surface area (Å²) in [5.41, 5.74) is 0. The Morgan fingerprint density at radius 2 is 1.26 bits per heavy atom. The topological polar surface area (TPSA) is 24.1 Å². The lowest BCUT2D eigenvalue weighted by Crippen LogP contribution is -2.23. The zero-order valence-electron chi connectivity index (χ0n) is 13.9. The summed E-state index contributed by atoms with van der Waals surface area (Å²) in [5.74, 6) is 1.69. The first kappa shape index (κ1) is 18.9. The predicted octanol–water partition coefficient (Wildman–Crippen LogP) is 4.21. The normalized spacial score (nSPS) is 14.5. The van der Waals surface area contributed by atoms with Gasteiger partial charge in [0.25, 0.3) is 0 Å². The molecule has 0 aliphatic rings. The van der Waals surface area contributed by atoms with Gasteiger partial charge in [-0.3, -0.25) is 0 Å². The molecule has 2 N–H and O–H groups in total. The number of rotatable bonds is 14. The maximum absolute atomic E-state index is 3.56. The average Bonchev–Trinajstić information content (AvgIpc) is 2.41. The minimum Gasteiger partial charge on any atom is -0.317 e. The zero-order chi connectivity index (χ0) is 14.3. The Balaban J connectivity index is 3.32. The Hall–Kier alpha value is -0.0800. The number of hydrogen-bond donors (Lipinski definition) is 2. The summed E-state index contributed by atoms with van der Waals surface area (Å²) >= 11 is 0. The van der Waals surface area contributed by atoms with E-state index in [0.717, 1.165) is 11.8 Å². The molecule has 2 unspecified atom stereocenters. The van der Waals surface area contributed by atoms with Crippen LogP contribution in [0.15, 0.2) is 0 Å². The molecule has 2 heteroatoms. The number of hydrogen-bond acceptors (Lipinski definition) is 2. The summed E-state index contributed by atoms with van der Waals surface area (Å²) in [4.78, 5) is 0. The quantitative estimate of drug-likeness (QED) is 0.462. The van der Waals surface area contributed by atoms with Gasteiger partial charge in [0.1, 0.15) is 0 Å². The van der Waals surface area contributed by atoms with Crippen LogP contribution in [0.25, 0.3) is 0 Å². The Morgan fingerprint density at radius 1 is 0.684 bits per heavy atom. The molecule has 2 atom stereocenters. The molecule has 19 heavy (non-hydrogen) atoms. The van der Waals surface area contributed by atoms with Gasteiger partial charge in [-0.2, -0.15) is 0 Å². The third-order valence-corrected chi connectivity index (χ3v) is 3.87. The average molecular weight is 271 g/mol. The van der Waals surface area contributed by atoms with Gasteiger partial charge in [0.05, 0.1) is 0 Å². The van der Waals surface area contributed by atoms with Crippen LogP contribution in [0.4, 0.5) is 0 Å². The Labute approximate surface area is 122 Å². The van der Waals surface area contributed by atoms with Crippen molar-refractivity contribution in [2.75, 3.05) is 26.2 Å². The van der Waals surface area contributed by atoms with Gasteiger partial charge in [0.2, 0.25) is 0 Å². The van der Waals surface area contributed by atoms with E-state index in [-0.39, 0.29) is 0 Å². The molecule has 0 bridgehead atoms. The first-order valence-corrected chi connectivity index (χ1v) is 8.62. The second-order valence-electron chi connectivity index (χ2n) is 6.24. The lowest BCUT2D eigenvalue weighted by atomic mass is 9.95. The van der Waals surface area contributed by atoms with E-state index in [4.69, 9.17) is 0 Å². The van der Waals surface area contributed by atoms with Gasteiger partial charge in [-0.05, 0) is 63.7 Å². The standard InChI is InChI=1S/C17H38N2/c1-5-7-12-18-14-11-16(3)9-10-17(4)15-19-13-8-6-2/h16-19H,5-15H2,1-4H3. The van der Waals surface area contributed by atoms with Gasteiger partial charge < -0.3 is 10.6 Å². The molecule has 0 saturated carbocycles. The van der Waals surface area contributed by atoms with E-state index >= 15 is 0 Å². The van der Waals surface area contributed by atoms with Crippen molar-refractivity contribution in [3.8, 4) is 0 Å². The van der Waals surface area contributed by atoms with Crippen molar-refractivity contribution < 1.29 is 0 Å². The van der Waals surface area contributed by atoms with Crippen LogP contribution in [-0.2, 0) is 0 Å². The van der Waals surface area contributed by atoms with E-state index in [9.17, 15) is 0 Å². The highest BCUT2D eigenvalue weighted by Crippen LogP contribution is 2.14. The maximum Gasteiger partial charge on any atom is -0.00232 e. The van der Waals surface area contributed by atoms with Gasteiger partial charge >= 0.3 is 0 Å².